The minimum atomic E-state index is -3.33. The van der Waals surface area contributed by atoms with Gasteiger partial charge in [0.2, 0.25) is 0 Å². The van der Waals surface area contributed by atoms with Crippen LogP contribution >= 0.6 is 23.7 Å². The second kappa shape index (κ2) is 6.96. The van der Waals surface area contributed by atoms with Gasteiger partial charge in [-0.3, -0.25) is 0 Å². The molecular formula is C14H25ClN2O2S2. The van der Waals surface area contributed by atoms with Crippen molar-refractivity contribution >= 4 is 33.8 Å². The van der Waals surface area contributed by atoms with Crippen molar-refractivity contribution in [1.82, 2.24) is 9.62 Å². The summed E-state index contributed by atoms with van der Waals surface area (Å²) in [5.74, 6) is 0. The fourth-order valence-electron chi connectivity index (χ4n) is 2.39. The van der Waals surface area contributed by atoms with Crippen LogP contribution in [0.5, 0.6) is 0 Å². The number of sulfonamides is 1. The standard InChI is InChI=1S/C14H24N2O2S2.ClH/c1-14(2,3)12-7-8-13(19-12)20(17,18)16-9-5-6-11(10-16)15-4;/h7-8,11,15H,5-6,9-10H2,1-4H3;1H. The van der Waals surface area contributed by atoms with Crippen LogP contribution in [0.1, 0.15) is 38.5 Å². The van der Waals surface area contributed by atoms with E-state index in [1.54, 1.807) is 10.4 Å². The van der Waals surface area contributed by atoms with Crippen molar-refractivity contribution in [2.75, 3.05) is 20.1 Å². The number of halogens is 1. The van der Waals surface area contributed by atoms with Crippen LogP contribution in [0.2, 0.25) is 0 Å². The fraction of sp³-hybridized carbons (Fsp3) is 0.714. The van der Waals surface area contributed by atoms with E-state index < -0.39 is 10.0 Å². The van der Waals surface area contributed by atoms with E-state index in [0.717, 1.165) is 17.7 Å². The average Bonchev–Trinajstić information content (AvgIpc) is 2.89. The van der Waals surface area contributed by atoms with Gasteiger partial charge in [-0.05, 0) is 37.4 Å². The molecule has 2 heterocycles. The second-order valence-electron chi connectivity index (χ2n) is 6.36. The third-order valence-corrected chi connectivity index (χ3v) is 7.55. The van der Waals surface area contributed by atoms with Crippen LogP contribution in [-0.2, 0) is 15.4 Å². The minimum Gasteiger partial charge on any atom is -0.316 e. The maximum atomic E-state index is 12.7. The van der Waals surface area contributed by atoms with E-state index in [9.17, 15) is 8.42 Å². The molecule has 0 bridgehead atoms. The summed E-state index contributed by atoms with van der Waals surface area (Å²) in [6.07, 6.45) is 1.96. The number of hydrogen-bond acceptors (Lipinski definition) is 4. The average molecular weight is 353 g/mol. The van der Waals surface area contributed by atoms with E-state index in [1.807, 2.05) is 13.1 Å². The zero-order chi connectivity index (χ0) is 15.0. The quantitative estimate of drug-likeness (QED) is 0.910. The van der Waals surface area contributed by atoms with Crippen LogP contribution < -0.4 is 5.32 Å². The molecule has 0 amide bonds. The van der Waals surface area contributed by atoms with Gasteiger partial charge in [0.05, 0.1) is 0 Å². The van der Waals surface area contributed by atoms with Gasteiger partial charge in [0.15, 0.2) is 0 Å². The van der Waals surface area contributed by atoms with Crippen LogP contribution in [0.15, 0.2) is 16.3 Å². The minimum absolute atomic E-state index is 0. The number of likely N-dealkylation sites (N-methyl/N-ethyl adjacent to an activating group) is 1. The Labute approximate surface area is 138 Å². The van der Waals surface area contributed by atoms with Gasteiger partial charge in [0.25, 0.3) is 10.0 Å². The van der Waals surface area contributed by atoms with Crippen LogP contribution in [-0.4, -0.2) is 38.9 Å². The Morgan fingerprint density at radius 3 is 2.52 bits per heavy atom. The molecule has 1 unspecified atom stereocenters. The maximum Gasteiger partial charge on any atom is 0.252 e. The summed E-state index contributed by atoms with van der Waals surface area (Å²) in [7, 11) is -1.44. The Kier molecular flexibility index (Phi) is 6.27. The predicted molar refractivity (Wildman–Crippen MR) is 91.1 cm³/mol. The molecule has 1 aromatic rings. The van der Waals surface area contributed by atoms with Gasteiger partial charge in [-0.1, -0.05) is 20.8 Å². The molecule has 21 heavy (non-hydrogen) atoms. The van der Waals surface area contributed by atoms with Crippen molar-refractivity contribution in [3.8, 4) is 0 Å². The highest BCUT2D eigenvalue weighted by atomic mass is 35.5. The molecule has 122 valence electrons. The number of nitrogens with zero attached hydrogens (tertiary/aromatic N) is 1. The molecule has 0 saturated carbocycles. The van der Waals surface area contributed by atoms with Gasteiger partial charge >= 0.3 is 0 Å². The van der Waals surface area contributed by atoms with Crippen molar-refractivity contribution in [2.45, 2.75) is 49.3 Å². The Balaban J connectivity index is 0.00000220. The maximum absolute atomic E-state index is 12.7. The Bertz CT molecular complexity index is 564. The lowest BCUT2D eigenvalue weighted by molar-refractivity contribution is 0.293. The van der Waals surface area contributed by atoms with Gasteiger partial charge in [0.1, 0.15) is 4.21 Å². The second-order valence-corrected chi connectivity index (χ2v) is 9.61. The molecule has 1 atom stereocenters. The third-order valence-electron chi connectivity index (χ3n) is 3.71. The summed E-state index contributed by atoms with van der Waals surface area (Å²) >= 11 is 1.40. The van der Waals surface area contributed by atoms with E-state index in [1.165, 1.54) is 11.3 Å². The highest BCUT2D eigenvalue weighted by molar-refractivity contribution is 7.91. The molecule has 0 aliphatic carbocycles. The normalized spacial score (nSPS) is 21.0. The molecule has 1 aliphatic rings. The molecule has 4 nitrogen and oxygen atoms in total. The van der Waals surface area contributed by atoms with Gasteiger partial charge in [0, 0.05) is 24.0 Å². The summed E-state index contributed by atoms with van der Waals surface area (Å²) in [6.45, 7) is 7.51. The topological polar surface area (TPSA) is 49.4 Å². The van der Waals surface area contributed by atoms with E-state index in [2.05, 4.69) is 26.1 Å². The number of thiophene rings is 1. The molecule has 0 radical (unpaired) electrons. The number of hydrogen-bond donors (Lipinski definition) is 1. The van der Waals surface area contributed by atoms with E-state index in [4.69, 9.17) is 0 Å². The lowest BCUT2D eigenvalue weighted by atomic mass is 9.95. The van der Waals surface area contributed by atoms with E-state index >= 15 is 0 Å². The van der Waals surface area contributed by atoms with E-state index in [-0.39, 0.29) is 23.9 Å². The zero-order valence-corrected chi connectivity index (χ0v) is 15.5. The summed E-state index contributed by atoms with van der Waals surface area (Å²) in [5.41, 5.74) is -0.00611. The van der Waals surface area contributed by atoms with Gasteiger partial charge in [-0.25, -0.2) is 8.42 Å². The molecule has 0 spiro atoms. The highest BCUT2D eigenvalue weighted by Gasteiger charge is 2.31. The molecular weight excluding hydrogens is 328 g/mol. The largest absolute Gasteiger partial charge is 0.316 e. The first-order valence-electron chi connectivity index (χ1n) is 7.03. The van der Waals surface area contributed by atoms with Crippen LogP contribution in [0.3, 0.4) is 0 Å². The van der Waals surface area contributed by atoms with Crippen LogP contribution in [0.4, 0.5) is 0 Å². The van der Waals surface area contributed by atoms with Crippen molar-refractivity contribution < 1.29 is 8.42 Å². The molecule has 2 rings (SSSR count). The van der Waals surface area contributed by atoms with Crippen LogP contribution in [0, 0.1) is 0 Å². The molecule has 1 N–H and O–H groups in total. The molecule has 1 aliphatic heterocycles. The molecule has 7 heteroatoms. The molecule has 1 fully saturated rings. The molecule has 1 aromatic heterocycles. The first-order valence-corrected chi connectivity index (χ1v) is 9.28. The van der Waals surface area contributed by atoms with Crippen molar-refractivity contribution in [2.24, 2.45) is 0 Å². The Hall–Kier alpha value is -0.140. The highest BCUT2D eigenvalue weighted by Crippen LogP contribution is 2.33. The van der Waals surface area contributed by atoms with Crippen molar-refractivity contribution in [3.05, 3.63) is 17.0 Å². The predicted octanol–water partition coefficient (Wildman–Crippen LogP) is 2.84. The number of piperidine rings is 1. The van der Waals surface area contributed by atoms with Gasteiger partial charge in [-0.2, -0.15) is 4.31 Å². The summed E-state index contributed by atoms with van der Waals surface area (Å²) in [6, 6.07) is 3.96. The summed E-state index contributed by atoms with van der Waals surface area (Å²) in [4.78, 5) is 1.11. The van der Waals surface area contributed by atoms with Gasteiger partial charge < -0.3 is 5.32 Å². The SMILES string of the molecule is CNC1CCCN(S(=O)(=O)c2ccc(C(C)(C)C)s2)C1.Cl. The monoisotopic (exact) mass is 352 g/mol. The van der Waals surface area contributed by atoms with Gasteiger partial charge in [-0.15, -0.1) is 23.7 Å². The fourth-order valence-corrected chi connectivity index (χ4v) is 5.43. The van der Waals surface area contributed by atoms with Crippen molar-refractivity contribution in [1.29, 1.82) is 0 Å². The molecule has 0 aromatic carbocycles. The number of rotatable bonds is 3. The first-order chi connectivity index (χ1) is 9.25. The molecule has 1 saturated heterocycles. The summed E-state index contributed by atoms with van der Waals surface area (Å²) in [5, 5.41) is 3.18. The Morgan fingerprint density at radius 2 is 2.00 bits per heavy atom. The Morgan fingerprint density at radius 1 is 1.33 bits per heavy atom. The summed E-state index contributed by atoms with van der Waals surface area (Å²) < 4.78 is 27.5. The smallest absolute Gasteiger partial charge is 0.252 e. The van der Waals surface area contributed by atoms with Crippen LogP contribution in [0.25, 0.3) is 0 Å². The zero-order valence-electron chi connectivity index (χ0n) is 13.0. The first kappa shape index (κ1) is 18.9. The lowest BCUT2D eigenvalue weighted by Gasteiger charge is -2.31. The van der Waals surface area contributed by atoms with E-state index in [0.29, 0.717) is 17.3 Å². The number of nitrogens with one attached hydrogen (secondary N) is 1. The third kappa shape index (κ3) is 4.20. The van der Waals surface area contributed by atoms with Crippen molar-refractivity contribution in [3.63, 3.8) is 0 Å². The lowest BCUT2D eigenvalue weighted by Crippen LogP contribution is -2.46.